The van der Waals surface area contributed by atoms with E-state index < -0.39 is 5.91 Å². The molecule has 0 saturated carbocycles. The predicted octanol–water partition coefficient (Wildman–Crippen LogP) is 8.34. The summed E-state index contributed by atoms with van der Waals surface area (Å²) in [6.45, 7) is 0.865. The smallest absolute Gasteiger partial charge is 0.271 e. The molecular weight excluding hydrogens is 560 g/mol. The van der Waals surface area contributed by atoms with Crippen molar-refractivity contribution in [3.63, 3.8) is 0 Å². The van der Waals surface area contributed by atoms with E-state index in [9.17, 15) is 4.79 Å². The number of nitrogens with one attached hydrogen (secondary N) is 1. The zero-order valence-electron chi connectivity index (χ0n) is 24.6. The third-order valence-corrected chi connectivity index (χ3v) is 7.14. The summed E-state index contributed by atoms with van der Waals surface area (Å²) in [5.41, 5.74) is 6.80. The summed E-state index contributed by atoms with van der Waals surface area (Å²) in [4.78, 5) is 13.4. The van der Waals surface area contributed by atoms with Crippen molar-refractivity contribution in [3.05, 3.63) is 173 Å². The van der Waals surface area contributed by atoms with Crippen LogP contribution in [0.4, 0.5) is 0 Å². The second kappa shape index (κ2) is 14.5. The molecule has 222 valence electrons. The number of carbonyl (C=O) groups is 1. The van der Waals surface area contributed by atoms with E-state index in [0.717, 1.165) is 33.0 Å². The molecule has 1 N–H and O–H groups in total. The number of hydrogen-bond acceptors (Lipinski definition) is 5. The highest BCUT2D eigenvalue weighted by atomic mass is 16.5. The first-order chi connectivity index (χ1) is 22.2. The van der Waals surface area contributed by atoms with Gasteiger partial charge in [-0.15, -0.1) is 0 Å². The molecule has 0 aliphatic heterocycles. The third-order valence-electron chi connectivity index (χ3n) is 7.14. The van der Waals surface area contributed by atoms with Crippen LogP contribution in [0.15, 0.2) is 151 Å². The maximum absolute atomic E-state index is 13.4. The van der Waals surface area contributed by atoms with Crippen LogP contribution in [0.25, 0.3) is 10.8 Å². The van der Waals surface area contributed by atoms with Gasteiger partial charge in [0.05, 0.1) is 6.21 Å². The lowest BCUT2D eigenvalue weighted by Crippen LogP contribution is -2.18. The molecule has 45 heavy (non-hydrogen) atoms. The van der Waals surface area contributed by atoms with Crippen LogP contribution in [-0.2, 0) is 19.8 Å². The van der Waals surface area contributed by atoms with E-state index >= 15 is 0 Å². The van der Waals surface area contributed by atoms with Crippen LogP contribution in [0.5, 0.6) is 17.2 Å². The van der Waals surface area contributed by atoms with Crippen LogP contribution >= 0.6 is 0 Å². The number of nitrogens with zero attached hydrogens (tertiary/aromatic N) is 1. The van der Waals surface area contributed by atoms with Gasteiger partial charge in [-0.3, -0.25) is 4.79 Å². The van der Waals surface area contributed by atoms with E-state index in [2.05, 4.69) is 16.6 Å². The van der Waals surface area contributed by atoms with E-state index in [-0.39, 0.29) is 13.2 Å². The van der Waals surface area contributed by atoms with E-state index in [0.29, 0.717) is 29.4 Å². The fraction of sp³-hybridized carbons (Fsp3) is 0.0769. The van der Waals surface area contributed by atoms with Gasteiger partial charge in [-0.2, -0.15) is 5.10 Å². The molecule has 6 aromatic carbocycles. The Balaban J connectivity index is 1.29. The van der Waals surface area contributed by atoms with Crippen LogP contribution < -0.4 is 19.6 Å². The molecule has 1 amide bonds. The molecule has 0 radical (unpaired) electrons. The summed E-state index contributed by atoms with van der Waals surface area (Å²) in [6, 6.07) is 47.0. The van der Waals surface area contributed by atoms with Crippen molar-refractivity contribution in [2.75, 3.05) is 0 Å². The minimum absolute atomic E-state index is 0.284. The molecule has 0 aliphatic rings. The maximum atomic E-state index is 13.4. The predicted molar refractivity (Wildman–Crippen MR) is 178 cm³/mol. The second-order valence-corrected chi connectivity index (χ2v) is 10.4. The first kappa shape index (κ1) is 29.2. The number of carbonyl (C=O) groups excluding carboxylic acids is 1. The third kappa shape index (κ3) is 7.94. The van der Waals surface area contributed by atoms with Crippen LogP contribution in [-0.4, -0.2) is 12.1 Å². The number of amides is 1. The lowest BCUT2D eigenvalue weighted by atomic mass is 10.1. The van der Waals surface area contributed by atoms with Gasteiger partial charge in [0.15, 0.2) is 11.5 Å². The van der Waals surface area contributed by atoms with Gasteiger partial charge < -0.3 is 14.2 Å². The van der Waals surface area contributed by atoms with Gasteiger partial charge in [0.2, 0.25) is 5.75 Å². The lowest BCUT2D eigenvalue weighted by Gasteiger charge is -2.19. The van der Waals surface area contributed by atoms with E-state index in [1.165, 1.54) is 0 Å². The monoisotopic (exact) mass is 592 g/mol. The molecule has 6 heteroatoms. The van der Waals surface area contributed by atoms with Crippen LogP contribution in [0, 0.1) is 0 Å². The van der Waals surface area contributed by atoms with E-state index in [1.54, 1.807) is 18.3 Å². The van der Waals surface area contributed by atoms with Crippen molar-refractivity contribution in [3.8, 4) is 17.2 Å². The van der Waals surface area contributed by atoms with E-state index in [4.69, 9.17) is 14.2 Å². The molecule has 0 aliphatic carbocycles. The fourth-order valence-corrected chi connectivity index (χ4v) is 4.78. The SMILES string of the molecule is O=C(N/N=C/c1ccc2ccccc2c1)c1cc(OCc2ccccc2)c(OCc2ccccc2)c(OCc2ccccc2)c1. The molecular formula is C39H32N2O4. The zero-order valence-corrected chi connectivity index (χ0v) is 24.6. The summed E-state index contributed by atoms with van der Waals surface area (Å²) >= 11 is 0. The Morgan fingerprint density at radius 1 is 0.556 bits per heavy atom. The molecule has 0 unspecified atom stereocenters. The minimum Gasteiger partial charge on any atom is -0.485 e. The Hall–Kier alpha value is -5.88. The van der Waals surface area contributed by atoms with Crippen molar-refractivity contribution < 1.29 is 19.0 Å². The van der Waals surface area contributed by atoms with Gasteiger partial charge in [0.1, 0.15) is 19.8 Å². The van der Waals surface area contributed by atoms with Gasteiger partial charge in [0, 0.05) is 5.56 Å². The summed E-state index contributed by atoms with van der Waals surface area (Å²) < 4.78 is 18.9. The molecule has 0 aromatic heterocycles. The normalized spacial score (nSPS) is 10.9. The Bertz CT molecular complexity index is 1830. The highest BCUT2D eigenvalue weighted by molar-refractivity contribution is 5.96. The van der Waals surface area contributed by atoms with Gasteiger partial charge >= 0.3 is 0 Å². The van der Waals surface area contributed by atoms with Gasteiger partial charge in [-0.25, -0.2) is 5.43 Å². The standard InChI is InChI=1S/C39H32N2O4/c42-39(41-40-25-32-20-21-33-18-10-11-19-34(33)22-32)35-23-36(43-26-29-12-4-1-5-13-29)38(45-28-31-16-8-3-9-17-31)37(24-35)44-27-30-14-6-2-7-15-30/h1-25H,26-28H2,(H,41,42)/b40-25+. The number of fused-ring (bicyclic) bond motifs is 1. The van der Waals surface area contributed by atoms with Gasteiger partial charge in [0.25, 0.3) is 5.91 Å². The van der Waals surface area contributed by atoms with Crippen molar-refractivity contribution in [2.45, 2.75) is 19.8 Å². The van der Waals surface area contributed by atoms with Gasteiger partial charge in [-0.05, 0) is 51.2 Å². The number of ether oxygens (including phenoxy) is 3. The van der Waals surface area contributed by atoms with E-state index in [1.807, 2.05) is 127 Å². The summed E-state index contributed by atoms with van der Waals surface area (Å²) in [5.74, 6) is 0.797. The summed E-state index contributed by atoms with van der Waals surface area (Å²) in [6.07, 6.45) is 1.63. The lowest BCUT2D eigenvalue weighted by molar-refractivity contribution is 0.0953. The van der Waals surface area contributed by atoms with Crippen molar-refractivity contribution >= 4 is 22.9 Å². The quantitative estimate of drug-likeness (QED) is 0.115. The van der Waals surface area contributed by atoms with Crippen molar-refractivity contribution in [2.24, 2.45) is 5.10 Å². The largest absolute Gasteiger partial charge is 0.485 e. The molecule has 6 nitrogen and oxygen atoms in total. The highest BCUT2D eigenvalue weighted by Crippen LogP contribution is 2.40. The van der Waals surface area contributed by atoms with Crippen LogP contribution in [0.3, 0.4) is 0 Å². The molecule has 0 spiro atoms. The highest BCUT2D eigenvalue weighted by Gasteiger charge is 2.20. The fourth-order valence-electron chi connectivity index (χ4n) is 4.78. The first-order valence-electron chi connectivity index (χ1n) is 14.7. The molecule has 0 heterocycles. The Kier molecular flexibility index (Phi) is 9.43. The second-order valence-electron chi connectivity index (χ2n) is 10.4. The first-order valence-corrected chi connectivity index (χ1v) is 14.7. The molecule has 0 saturated heterocycles. The van der Waals surface area contributed by atoms with Gasteiger partial charge in [-0.1, -0.05) is 127 Å². The topological polar surface area (TPSA) is 69.2 Å². The minimum atomic E-state index is -0.407. The Morgan fingerprint density at radius 2 is 1.04 bits per heavy atom. The molecule has 0 atom stereocenters. The number of hydrogen-bond donors (Lipinski definition) is 1. The average molecular weight is 593 g/mol. The van der Waals surface area contributed by atoms with Crippen molar-refractivity contribution in [1.82, 2.24) is 5.43 Å². The Labute approximate surface area is 262 Å². The van der Waals surface area contributed by atoms with Crippen LogP contribution in [0.2, 0.25) is 0 Å². The zero-order chi connectivity index (χ0) is 30.7. The average Bonchev–Trinajstić information content (AvgIpc) is 3.10. The number of hydrazone groups is 1. The number of rotatable bonds is 12. The van der Waals surface area contributed by atoms with Crippen molar-refractivity contribution in [1.29, 1.82) is 0 Å². The number of benzene rings is 6. The molecule has 0 fully saturated rings. The molecule has 6 aromatic rings. The Morgan fingerprint density at radius 3 is 1.60 bits per heavy atom. The summed E-state index contributed by atoms with van der Waals surface area (Å²) in [5, 5.41) is 6.47. The molecule has 6 rings (SSSR count). The molecule has 0 bridgehead atoms. The maximum Gasteiger partial charge on any atom is 0.271 e. The van der Waals surface area contributed by atoms with Crippen LogP contribution in [0.1, 0.15) is 32.6 Å². The summed E-state index contributed by atoms with van der Waals surface area (Å²) in [7, 11) is 0.